The normalized spacial score (nSPS) is 20.4. The van der Waals surface area contributed by atoms with Crippen molar-refractivity contribution in [2.75, 3.05) is 38.2 Å². The van der Waals surface area contributed by atoms with E-state index in [1.165, 1.54) is 18.5 Å². The van der Waals surface area contributed by atoms with Crippen molar-refractivity contribution in [3.05, 3.63) is 29.3 Å². The zero-order valence-corrected chi connectivity index (χ0v) is 11.6. The number of rotatable bonds is 4. The largest absolute Gasteiger partial charge is 0.395 e. The van der Waals surface area contributed by atoms with Gasteiger partial charge in [0.15, 0.2) is 0 Å². The molecule has 0 aromatic heterocycles. The molecule has 18 heavy (non-hydrogen) atoms. The van der Waals surface area contributed by atoms with Gasteiger partial charge in [-0.15, -0.1) is 0 Å². The van der Waals surface area contributed by atoms with Gasteiger partial charge in [0.25, 0.3) is 0 Å². The molecule has 1 unspecified atom stereocenters. The quantitative estimate of drug-likeness (QED) is 0.907. The SMILES string of the molecule is CN(CCO)C1CCCN(c2ccc(Cl)cc2)C1. The Morgan fingerprint density at radius 3 is 2.78 bits per heavy atom. The molecule has 0 saturated carbocycles. The van der Waals surface area contributed by atoms with E-state index in [9.17, 15) is 0 Å². The summed E-state index contributed by atoms with van der Waals surface area (Å²) in [4.78, 5) is 4.65. The standard InChI is InChI=1S/C14H21ClN2O/c1-16(9-10-18)14-3-2-8-17(11-14)13-6-4-12(15)5-7-13/h4-7,14,18H,2-3,8-11H2,1H3. The van der Waals surface area contributed by atoms with Gasteiger partial charge in [0.1, 0.15) is 0 Å². The second-order valence-electron chi connectivity index (χ2n) is 4.92. The van der Waals surface area contributed by atoms with Crippen molar-refractivity contribution in [2.24, 2.45) is 0 Å². The van der Waals surface area contributed by atoms with E-state index in [4.69, 9.17) is 16.7 Å². The lowest BCUT2D eigenvalue weighted by atomic mass is 10.0. The molecule has 4 heteroatoms. The maximum atomic E-state index is 9.01. The van der Waals surface area contributed by atoms with E-state index in [2.05, 4.69) is 29.0 Å². The molecular formula is C14H21ClN2O. The molecule has 1 aromatic rings. The van der Waals surface area contributed by atoms with Crippen molar-refractivity contribution in [1.29, 1.82) is 0 Å². The van der Waals surface area contributed by atoms with Crippen LogP contribution in [0.4, 0.5) is 5.69 Å². The highest BCUT2D eigenvalue weighted by molar-refractivity contribution is 6.30. The molecule has 1 N–H and O–H groups in total. The van der Waals surface area contributed by atoms with Gasteiger partial charge < -0.3 is 10.0 Å². The third-order valence-electron chi connectivity index (χ3n) is 3.66. The number of halogens is 1. The Labute approximate surface area is 114 Å². The highest BCUT2D eigenvalue weighted by Gasteiger charge is 2.22. The summed E-state index contributed by atoms with van der Waals surface area (Å²) in [6, 6.07) is 8.57. The zero-order valence-electron chi connectivity index (χ0n) is 10.8. The summed E-state index contributed by atoms with van der Waals surface area (Å²) >= 11 is 5.92. The number of benzene rings is 1. The number of anilines is 1. The summed E-state index contributed by atoms with van der Waals surface area (Å²) in [6.45, 7) is 3.11. The third-order valence-corrected chi connectivity index (χ3v) is 3.92. The van der Waals surface area contributed by atoms with Gasteiger partial charge in [-0.1, -0.05) is 11.6 Å². The maximum Gasteiger partial charge on any atom is 0.0558 e. The van der Waals surface area contributed by atoms with Crippen molar-refractivity contribution < 1.29 is 5.11 Å². The fourth-order valence-electron chi connectivity index (χ4n) is 2.54. The van der Waals surface area contributed by atoms with Crippen molar-refractivity contribution in [3.8, 4) is 0 Å². The Balaban J connectivity index is 2.00. The first-order chi connectivity index (χ1) is 8.70. The van der Waals surface area contributed by atoms with Crippen LogP contribution in [0.3, 0.4) is 0 Å². The predicted molar refractivity (Wildman–Crippen MR) is 76.4 cm³/mol. The van der Waals surface area contributed by atoms with E-state index in [0.29, 0.717) is 6.04 Å². The molecule has 1 atom stereocenters. The maximum absolute atomic E-state index is 9.01. The molecule has 100 valence electrons. The monoisotopic (exact) mass is 268 g/mol. The van der Waals surface area contributed by atoms with E-state index >= 15 is 0 Å². The first kappa shape index (κ1) is 13.7. The number of aliphatic hydroxyl groups is 1. The van der Waals surface area contributed by atoms with Crippen molar-refractivity contribution in [1.82, 2.24) is 4.90 Å². The van der Waals surface area contributed by atoms with Crippen molar-refractivity contribution in [3.63, 3.8) is 0 Å². The van der Waals surface area contributed by atoms with E-state index in [1.54, 1.807) is 0 Å². The number of nitrogens with zero attached hydrogens (tertiary/aromatic N) is 2. The lowest BCUT2D eigenvalue weighted by Gasteiger charge is -2.38. The van der Waals surface area contributed by atoms with Gasteiger partial charge in [0.05, 0.1) is 6.61 Å². The smallest absolute Gasteiger partial charge is 0.0558 e. The Bertz CT molecular complexity index is 369. The van der Waals surface area contributed by atoms with Crippen LogP contribution < -0.4 is 4.90 Å². The van der Waals surface area contributed by atoms with E-state index in [0.717, 1.165) is 24.7 Å². The molecule has 1 fully saturated rings. The number of hydrogen-bond donors (Lipinski definition) is 1. The third kappa shape index (κ3) is 3.37. The first-order valence-electron chi connectivity index (χ1n) is 6.52. The molecule has 0 aliphatic carbocycles. The minimum atomic E-state index is 0.230. The molecule has 0 spiro atoms. The molecule has 0 bridgehead atoms. The van der Waals surface area contributed by atoms with E-state index in [-0.39, 0.29) is 6.61 Å². The lowest BCUT2D eigenvalue weighted by molar-refractivity contribution is 0.166. The van der Waals surface area contributed by atoms with Crippen LogP contribution >= 0.6 is 11.6 Å². The van der Waals surface area contributed by atoms with Crippen LogP contribution in [-0.4, -0.2) is 49.3 Å². The highest BCUT2D eigenvalue weighted by Crippen LogP contribution is 2.23. The van der Waals surface area contributed by atoms with Gasteiger partial charge in [-0.05, 0) is 44.2 Å². The fraction of sp³-hybridized carbons (Fsp3) is 0.571. The number of hydrogen-bond acceptors (Lipinski definition) is 3. The average Bonchev–Trinajstić information content (AvgIpc) is 2.40. The van der Waals surface area contributed by atoms with Crippen LogP contribution in [0.1, 0.15) is 12.8 Å². The highest BCUT2D eigenvalue weighted by atomic mass is 35.5. The average molecular weight is 269 g/mol. The lowest BCUT2D eigenvalue weighted by Crippen LogP contribution is -2.47. The van der Waals surface area contributed by atoms with Gasteiger partial charge in [-0.25, -0.2) is 0 Å². The number of likely N-dealkylation sites (N-methyl/N-ethyl adjacent to an activating group) is 1. The summed E-state index contributed by atoms with van der Waals surface area (Å²) in [5.41, 5.74) is 1.24. The summed E-state index contributed by atoms with van der Waals surface area (Å²) in [7, 11) is 2.09. The minimum absolute atomic E-state index is 0.230. The van der Waals surface area contributed by atoms with Crippen LogP contribution in [0.5, 0.6) is 0 Å². The first-order valence-corrected chi connectivity index (χ1v) is 6.90. The Hall–Kier alpha value is -0.770. The Morgan fingerprint density at radius 2 is 2.11 bits per heavy atom. The van der Waals surface area contributed by atoms with Crippen molar-refractivity contribution >= 4 is 17.3 Å². The van der Waals surface area contributed by atoms with Gasteiger partial charge in [0.2, 0.25) is 0 Å². The number of aliphatic hydroxyl groups excluding tert-OH is 1. The molecule has 3 nitrogen and oxygen atoms in total. The predicted octanol–water partition coefficient (Wildman–Crippen LogP) is 2.23. The van der Waals surface area contributed by atoms with Crippen LogP contribution in [0, 0.1) is 0 Å². The van der Waals surface area contributed by atoms with Gasteiger partial charge in [-0.2, -0.15) is 0 Å². The van der Waals surface area contributed by atoms with Crippen molar-refractivity contribution in [2.45, 2.75) is 18.9 Å². The molecular weight excluding hydrogens is 248 g/mol. The summed E-state index contributed by atoms with van der Waals surface area (Å²) in [6.07, 6.45) is 2.41. The van der Waals surface area contributed by atoms with Crippen LogP contribution in [-0.2, 0) is 0 Å². The Kier molecular flexibility index (Phi) is 4.87. The topological polar surface area (TPSA) is 26.7 Å². The summed E-state index contributed by atoms with van der Waals surface area (Å²) < 4.78 is 0. The molecule has 2 rings (SSSR count). The Morgan fingerprint density at radius 1 is 1.39 bits per heavy atom. The molecule has 1 aliphatic heterocycles. The minimum Gasteiger partial charge on any atom is -0.395 e. The van der Waals surface area contributed by atoms with Crippen LogP contribution in [0.15, 0.2) is 24.3 Å². The zero-order chi connectivity index (χ0) is 13.0. The second kappa shape index (κ2) is 6.41. The van der Waals surface area contributed by atoms with Gasteiger partial charge in [0, 0.05) is 36.4 Å². The molecule has 1 aromatic carbocycles. The second-order valence-corrected chi connectivity index (χ2v) is 5.36. The molecule has 0 amide bonds. The molecule has 1 aliphatic rings. The molecule has 1 heterocycles. The summed E-state index contributed by atoms with van der Waals surface area (Å²) in [5.74, 6) is 0. The van der Waals surface area contributed by atoms with E-state index in [1.807, 2.05) is 12.1 Å². The molecule has 0 radical (unpaired) electrons. The van der Waals surface area contributed by atoms with Gasteiger partial charge in [-0.3, -0.25) is 4.90 Å². The van der Waals surface area contributed by atoms with E-state index < -0.39 is 0 Å². The number of piperidine rings is 1. The molecule has 1 saturated heterocycles. The van der Waals surface area contributed by atoms with Gasteiger partial charge >= 0.3 is 0 Å². The summed E-state index contributed by atoms with van der Waals surface area (Å²) in [5, 5.41) is 9.79. The fourth-order valence-corrected chi connectivity index (χ4v) is 2.67. The van der Waals surface area contributed by atoms with Crippen LogP contribution in [0.2, 0.25) is 5.02 Å². The van der Waals surface area contributed by atoms with Crippen LogP contribution in [0.25, 0.3) is 0 Å².